The molecule has 2 N–H and O–H groups in total. The van der Waals surface area contributed by atoms with Gasteiger partial charge in [0, 0.05) is 5.69 Å². The molecule has 0 heterocycles. The normalized spacial score (nSPS) is 11.4. The molecule has 0 aliphatic carbocycles. The quantitative estimate of drug-likeness (QED) is 0.780. The second-order valence-corrected chi connectivity index (χ2v) is 6.67. The third kappa shape index (κ3) is 5.31. The summed E-state index contributed by atoms with van der Waals surface area (Å²) in [6.07, 6.45) is 0. The largest absolute Gasteiger partial charge is 0.481 e. The zero-order chi connectivity index (χ0) is 16.0. The van der Waals surface area contributed by atoms with Gasteiger partial charge >= 0.3 is 11.7 Å². The molecule has 10 heteroatoms. The second kappa shape index (κ2) is 7.36. The lowest BCUT2D eigenvalue weighted by Gasteiger charge is -2.06. The van der Waals surface area contributed by atoms with E-state index >= 15 is 0 Å². The number of carbonyl (C=O) groups excluding carboxylic acids is 1. The molecule has 21 heavy (non-hydrogen) atoms. The lowest BCUT2D eigenvalue weighted by atomic mass is 10.3. The molecular weight excluding hydrogens is 328 g/mol. The molecule has 0 saturated heterocycles. The number of rotatable bonds is 7. The average Bonchev–Trinajstić information content (AvgIpc) is 2.38. The second-order valence-electron chi connectivity index (χ2n) is 3.76. The van der Waals surface area contributed by atoms with E-state index in [0.29, 0.717) is 0 Å². The molecule has 0 saturated carbocycles. The van der Waals surface area contributed by atoms with Crippen molar-refractivity contribution in [3.8, 4) is 0 Å². The third-order valence-electron chi connectivity index (χ3n) is 2.16. The highest BCUT2D eigenvalue weighted by molar-refractivity contribution is 8.00. The number of benzene rings is 1. The number of carboxylic acid groups (broad SMARTS) is 1. The van der Waals surface area contributed by atoms with Crippen molar-refractivity contribution in [3.05, 3.63) is 24.3 Å². The molecule has 1 amide bonds. The lowest BCUT2D eigenvalue weighted by molar-refractivity contribution is -0.133. The Labute approximate surface area is 123 Å². The van der Waals surface area contributed by atoms with E-state index in [0.717, 1.165) is 23.9 Å². The van der Waals surface area contributed by atoms with Crippen molar-refractivity contribution < 1.29 is 31.9 Å². The summed E-state index contributed by atoms with van der Waals surface area (Å²) >= 11 is 0.893. The zero-order valence-electron chi connectivity index (χ0n) is 10.5. The van der Waals surface area contributed by atoms with Crippen LogP contribution in [0, 0.1) is 0 Å². The van der Waals surface area contributed by atoms with Crippen molar-refractivity contribution in [3.63, 3.8) is 0 Å². The van der Waals surface area contributed by atoms with Gasteiger partial charge in [0.05, 0.1) is 16.4 Å². The molecule has 0 unspecified atom stereocenters. The van der Waals surface area contributed by atoms with Crippen molar-refractivity contribution in [2.24, 2.45) is 0 Å². The first-order chi connectivity index (χ1) is 9.73. The van der Waals surface area contributed by atoms with Crippen molar-refractivity contribution >= 4 is 39.2 Å². The molecule has 6 nitrogen and oxygen atoms in total. The fourth-order valence-electron chi connectivity index (χ4n) is 1.26. The molecule has 1 aromatic carbocycles. The third-order valence-corrected chi connectivity index (χ3v) is 4.48. The average molecular weight is 339 g/mol. The molecule has 0 fully saturated rings. The number of hydrogen-bond donors (Lipinski definition) is 2. The Bertz CT molecular complexity index is 616. The van der Waals surface area contributed by atoms with Crippen LogP contribution in [-0.2, 0) is 19.4 Å². The van der Waals surface area contributed by atoms with Gasteiger partial charge in [0.15, 0.2) is 0 Å². The minimum Gasteiger partial charge on any atom is -0.481 e. The lowest BCUT2D eigenvalue weighted by Crippen LogP contribution is -2.16. The minimum atomic E-state index is -4.66. The van der Waals surface area contributed by atoms with Crippen LogP contribution in [0.2, 0.25) is 0 Å². The molecular formula is C11H11F2NO5S2. The Morgan fingerprint density at radius 3 is 2.24 bits per heavy atom. The highest BCUT2D eigenvalue weighted by Crippen LogP contribution is 2.20. The van der Waals surface area contributed by atoms with E-state index in [1.54, 1.807) is 0 Å². The summed E-state index contributed by atoms with van der Waals surface area (Å²) in [5.41, 5.74) is 0.226. The topological polar surface area (TPSA) is 101 Å². The summed E-state index contributed by atoms with van der Waals surface area (Å²) in [4.78, 5) is 21.1. The molecule has 116 valence electrons. The molecule has 0 aliphatic heterocycles. The molecule has 0 atom stereocenters. The standard InChI is InChI=1S/C11H11F2NO5S2/c12-11(13)21(18,19)8-3-1-7(2-4-8)14-9(15)5-20-6-10(16)17/h1-4,11H,5-6H2,(H,14,15)(H,16,17). The number of sulfone groups is 1. The molecule has 0 bridgehead atoms. The number of aliphatic carboxylic acids is 1. The van der Waals surface area contributed by atoms with Gasteiger partial charge in [-0.1, -0.05) is 0 Å². The van der Waals surface area contributed by atoms with Crippen molar-refractivity contribution in [2.45, 2.75) is 10.7 Å². The van der Waals surface area contributed by atoms with Crippen LogP contribution in [0.5, 0.6) is 0 Å². The van der Waals surface area contributed by atoms with Gasteiger partial charge in [-0.25, -0.2) is 8.42 Å². The van der Waals surface area contributed by atoms with Crippen molar-refractivity contribution in [1.82, 2.24) is 0 Å². The number of alkyl halides is 2. The van der Waals surface area contributed by atoms with Crippen LogP contribution in [0.15, 0.2) is 29.2 Å². The summed E-state index contributed by atoms with van der Waals surface area (Å²) in [5, 5.41) is 10.8. The maximum absolute atomic E-state index is 12.3. The van der Waals surface area contributed by atoms with E-state index in [9.17, 15) is 26.8 Å². The van der Waals surface area contributed by atoms with Gasteiger partial charge in [0.1, 0.15) is 0 Å². The minimum absolute atomic E-state index is 0.0939. The van der Waals surface area contributed by atoms with Crippen LogP contribution in [0.3, 0.4) is 0 Å². The molecule has 0 aliphatic rings. The van der Waals surface area contributed by atoms with Gasteiger partial charge in [-0.2, -0.15) is 8.78 Å². The van der Waals surface area contributed by atoms with Gasteiger partial charge in [-0.15, -0.1) is 11.8 Å². The summed E-state index contributed by atoms with van der Waals surface area (Å²) in [6.45, 7) is 0. The molecule has 0 spiro atoms. The van der Waals surface area contributed by atoms with Gasteiger partial charge in [-0.05, 0) is 24.3 Å². The predicted molar refractivity (Wildman–Crippen MR) is 73.2 cm³/mol. The maximum atomic E-state index is 12.3. The Balaban J connectivity index is 2.63. The summed E-state index contributed by atoms with van der Waals surface area (Å²) in [7, 11) is -4.66. The Kier molecular flexibility index (Phi) is 6.09. The molecule has 1 rings (SSSR count). The molecule has 0 aromatic heterocycles. The van der Waals surface area contributed by atoms with Crippen LogP contribution < -0.4 is 5.32 Å². The summed E-state index contributed by atoms with van der Waals surface area (Å²) in [6, 6.07) is 4.27. The van der Waals surface area contributed by atoms with Crippen molar-refractivity contribution in [2.75, 3.05) is 16.8 Å². The highest BCUT2D eigenvalue weighted by Gasteiger charge is 2.26. The van der Waals surface area contributed by atoms with Gasteiger partial charge < -0.3 is 10.4 Å². The van der Waals surface area contributed by atoms with E-state index in [1.807, 2.05) is 0 Å². The number of amides is 1. The van der Waals surface area contributed by atoms with Crippen LogP contribution in [-0.4, -0.2) is 42.7 Å². The van der Waals surface area contributed by atoms with Crippen LogP contribution >= 0.6 is 11.8 Å². The SMILES string of the molecule is O=C(O)CSCC(=O)Nc1ccc(S(=O)(=O)C(F)F)cc1. The Morgan fingerprint density at radius 2 is 1.76 bits per heavy atom. The van der Waals surface area contributed by atoms with Crippen LogP contribution in [0.4, 0.5) is 14.5 Å². The Morgan fingerprint density at radius 1 is 1.19 bits per heavy atom. The number of anilines is 1. The van der Waals surface area contributed by atoms with Gasteiger partial charge in [0.2, 0.25) is 15.7 Å². The fraction of sp³-hybridized carbons (Fsp3) is 0.273. The number of halogens is 2. The summed E-state index contributed by atoms with van der Waals surface area (Å²) in [5.74, 6) is -5.35. The molecule has 0 radical (unpaired) electrons. The first kappa shape index (κ1) is 17.4. The van der Waals surface area contributed by atoms with Gasteiger partial charge in [0.25, 0.3) is 0 Å². The first-order valence-corrected chi connectivity index (χ1v) is 8.15. The van der Waals surface area contributed by atoms with E-state index in [2.05, 4.69) is 5.32 Å². The van der Waals surface area contributed by atoms with Gasteiger partial charge in [-0.3, -0.25) is 9.59 Å². The Hall–Kier alpha value is -1.68. The van der Waals surface area contributed by atoms with Crippen molar-refractivity contribution in [1.29, 1.82) is 0 Å². The molecule has 1 aromatic rings. The van der Waals surface area contributed by atoms with E-state index in [4.69, 9.17) is 5.11 Å². The first-order valence-electron chi connectivity index (χ1n) is 5.45. The maximum Gasteiger partial charge on any atom is 0.341 e. The predicted octanol–water partition coefficient (Wildman–Crippen LogP) is 1.44. The highest BCUT2D eigenvalue weighted by atomic mass is 32.2. The van der Waals surface area contributed by atoms with E-state index < -0.39 is 32.4 Å². The smallest absolute Gasteiger partial charge is 0.341 e. The number of thioether (sulfide) groups is 1. The number of nitrogens with one attached hydrogen (secondary N) is 1. The number of hydrogen-bond acceptors (Lipinski definition) is 5. The van der Waals surface area contributed by atoms with E-state index in [-0.39, 0.29) is 17.2 Å². The van der Waals surface area contributed by atoms with Crippen LogP contribution in [0.1, 0.15) is 0 Å². The zero-order valence-corrected chi connectivity index (χ0v) is 12.1. The number of carbonyl (C=O) groups is 2. The monoisotopic (exact) mass is 339 g/mol. The van der Waals surface area contributed by atoms with E-state index in [1.165, 1.54) is 12.1 Å². The van der Waals surface area contributed by atoms with Crippen LogP contribution in [0.25, 0.3) is 0 Å². The number of carboxylic acids is 1. The summed E-state index contributed by atoms with van der Waals surface area (Å²) < 4.78 is 47.0. The fourth-order valence-corrected chi connectivity index (χ4v) is 2.51.